The normalized spacial score (nSPS) is 20.7. The van der Waals surface area contributed by atoms with E-state index < -0.39 is 9.84 Å². The summed E-state index contributed by atoms with van der Waals surface area (Å²) >= 11 is 6.13. The molecule has 3 aliphatic rings. The van der Waals surface area contributed by atoms with E-state index in [9.17, 15) is 13.2 Å². The Labute approximate surface area is 257 Å². The maximum Gasteiger partial charge on any atom is 0.255 e. The van der Waals surface area contributed by atoms with Gasteiger partial charge in [-0.25, -0.2) is 13.4 Å². The zero-order valence-electron chi connectivity index (χ0n) is 24.3. The zero-order chi connectivity index (χ0) is 30.3. The molecule has 43 heavy (non-hydrogen) atoms. The number of nitrogen functional groups attached to an aromatic ring is 1. The number of amides is 1. The number of anilines is 1. The smallest absolute Gasteiger partial charge is 0.255 e. The number of carbonyl (C=O) groups excluding carboxylic acids is 1. The lowest BCUT2D eigenvalue weighted by Gasteiger charge is -2.47. The third-order valence-corrected chi connectivity index (χ3v) is 10.9. The second-order valence-corrected chi connectivity index (χ2v) is 13.7. The number of para-hydroxylation sites is 1. The number of piperazine rings is 1. The van der Waals surface area contributed by atoms with Crippen LogP contribution in [0.3, 0.4) is 0 Å². The topological polar surface area (TPSA) is 118 Å². The van der Waals surface area contributed by atoms with Crippen molar-refractivity contribution in [3.8, 4) is 11.5 Å². The Balaban J connectivity index is 1.04. The number of hydrogen-bond donors (Lipinski definition) is 1. The number of carbonyl (C=O) groups is 1. The van der Waals surface area contributed by atoms with Crippen LogP contribution in [0.4, 0.5) is 5.69 Å². The maximum absolute atomic E-state index is 13.2. The Hall–Kier alpha value is -3.38. The van der Waals surface area contributed by atoms with E-state index >= 15 is 0 Å². The van der Waals surface area contributed by atoms with Gasteiger partial charge in [-0.3, -0.25) is 14.6 Å². The van der Waals surface area contributed by atoms with E-state index in [1.54, 1.807) is 36.5 Å². The van der Waals surface area contributed by atoms with Crippen molar-refractivity contribution in [3.05, 3.63) is 70.9 Å². The van der Waals surface area contributed by atoms with Gasteiger partial charge in [-0.2, -0.15) is 0 Å². The van der Waals surface area contributed by atoms with Crippen molar-refractivity contribution in [1.82, 2.24) is 19.7 Å². The van der Waals surface area contributed by atoms with Crippen molar-refractivity contribution in [1.29, 1.82) is 0 Å². The number of likely N-dealkylation sites (tertiary alicyclic amines) is 1. The summed E-state index contributed by atoms with van der Waals surface area (Å²) in [6.07, 6.45) is 3.50. The largest absolute Gasteiger partial charge is 0.454 e. The molecule has 228 valence electrons. The molecule has 12 heteroatoms. The Morgan fingerprint density at radius 2 is 1.81 bits per heavy atom. The molecule has 2 atom stereocenters. The molecule has 1 aromatic heterocycles. The number of nitrogens with two attached hydrogens (primary N) is 1. The number of halogens is 1. The molecule has 0 bridgehead atoms. The SMILES string of the molecule is C[C@@H]1CN(C2CCN(C(=O)c3cccc(Cl)c3N)CC2)CCN1[C@@H](C)c1ccc(S(=O)(=O)c2ccc3c(c2)OCO3)nc1. The molecule has 0 spiro atoms. The fourth-order valence-electron chi connectivity index (χ4n) is 6.39. The summed E-state index contributed by atoms with van der Waals surface area (Å²) in [6, 6.07) is 14.0. The molecular weight excluding hydrogens is 590 g/mol. The zero-order valence-corrected chi connectivity index (χ0v) is 25.9. The average Bonchev–Trinajstić information content (AvgIpc) is 3.50. The highest BCUT2D eigenvalue weighted by Crippen LogP contribution is 2.35. The van der Waals surface area contributed by atoms with Crippen LogP contribution in [-0.2, 0) is 9.84 Å². The van der Waals surface area contributed by atoms with E-state index in [1.807, 2.05) is 11.0 Å². The number of ether oxygens (including phenoxy) is 2. The molecule has 10 nitrogen and oxygen atoms in total. The van der Waals surface area contributed by atoms with E-state index in [2.05, 4.69) is 28.6 Å². The van der Waals surface area contributed by atoms with Crippen molar-refractivity contribution in [2.24, 2.45) is 0 Å². The molecule has 2 aromatic carbocycles. The van der Waals surface area contributed by atoms with Crippen molar-refractivity contribution in [3.63, 3.8) is 0 Å². The van der Waals surface area contributed by atoms with Gasteiger partial charge in [0.05, 0.1) is 21.2 Å². The van der Waals surface area contributed by atoms with Gasteiger partial charge in [0.1, 0.15) is 0 Å². The standard InChI is InChI=1S/C31H36ClN5O5S/c1-20-18-36(23-10-12-35(13-11-23)31(38)25-4-3-5-26(32)30(25)33)14-15-37(20)21(2)22-6-9-29(34-17-22)43(39,40)24-7-8-27-28(16-24)42-19-41-27/h3-9,16-17,20-21,23H,10-15,18-19,33H2,1-2H3/t20-,21+/m1/s1. The first kappa shape index (κ1) is 29.7. The molecule has 3 aliphatic heterocycles. The first-order valence-electron chi connectivity index (χ1n) is 14.6. The summed E-state index contributed by atoms with van der Waals surface area (Å²) in [5.74, 6) is 0.889. The number of aromatic nitrogens is 1. The van der Waals surface area contributed by atoms with E-state index in [1.165, 1.54) is 12.1 Å². The lowest BCUT2D eigenvalue weighted by Crippen LogP contribution is -2.57. The average molecular weight is 626 g/mol. The van der Waals surface area contributed by atoms with Crippen LogP contribution in [-0.4, -0.2) is 85.6 Å². The molecule has 6 rings (SSSR count). The second-order valence-electron chi connectivity index (χ2n) is 11.4. The summed E-state index contributed by atoms with van der Waals surface area (Å²) in [5.41, 5.74) is 7.84. The number of fused-ring (bicyclic) bond motifs is 1. The minimum absolute atomic E-state index is 0.00283. The van der Waals surface area contributed by atoms with Crippen molar-refractivity contribution < 1.29 is 22.7 Å². The van der Waals surface area contributed by atoms with Crippen LogP contribution < -0.4 is 15.2 Å². The third-order valence-electron chi connectivity index (χ3n) is 8.93. The highest BCUT2D eigenvalue weighted by Gasteiger charge is 2.34. The van der Waals surface area contributed by atoms with Gasteiger partial charge in [-0.1, -0.05) is 23.7 Å². The molecule has 4 heterocycles. The Bertz CT molecular complexity index is 1610. The molecule has 2 saturated heterocycles. The fourth-order valence-corrected chi connectivity index (χ4v) is 7.75. The third kappa shape index (κ3) is 5.78. The van der Waals surface area contributed by atoms with Gasteiger partial charge in [0.15, 0.2) is 16.5 Å². The van der Waals surface area contributed by atoms with Gasteiger partial charge in [0.2, 0.25) is 16.6 Å². The van der Waals surface area contributed by atoms with Gasteiger partial charge in [0, 0.05) is 63.1 Å². The lowest BCUT2D eigenvalue weighted by molar-refractivity contribution is 0.0135. The Morgan fingerprint density at radius 1 is 1.05 bits per heavy atom. The summed E-state index contributed by atoms with van der Waals surface area (Å²) in [6.45, 7) is 8.57. The van der Waals surface area contributed by atoms with Crippen molar-refractivity contribution in [2.45, 2.75) is 54.7 Å². The van der Waals surface area contributed by atoms with Gasteiger partial charge < -0.3 is 20.1 Å². The molecule has 3 aromatic rings. The summed E-state index contributed by atoms with van der Waals surface area (Å²) in [7, 11) is -3.79. The predicted octanol–water partition coefficient (Wildman–Crippen LogP) is 4.25. The van der Waals surface area contributed by atoms with Crippen molar-refractivity contribution >= 4 is 33.0 Å². The number of benzene rings is 2. The summed E-state index contributed by atoms with van der Waals surface area (Å²) in [5, 5.41) is 0.405. The molecule has 1 amide bonds. The molecule has 0 saturated carbocycles. The number of pyridine rings is 1. The quantitative estimate of drug-likeness (QED) is 0.401. The van der Waals surface area contributed by atoms with Crippen LogP contribution in [0.25, 0.3) is 0 Å². The lowest BCUT2D eigenvalue weighted by atomic mass is 9.98. The molecule has 2 fully saturated rings. The first-order valence-corrected chi connectivity index (χ1v) is 16.4. The number of hydrogen-bond acceptors (Lipinski definition) is 9. The maximum atomic E-state index is 13.2. The molecule has 2 N–H and O–H groups in total. The highest BCUT2D eigenvalue weighted by molar-refractivity contribution is 7.91. The number of nitrogens with zero attached hydrogens (tertiary/aromatic N) is 4. The minimum Gasteiger partial charge on any atom is -0.454 e. The summed E-state index contributed by atoms with van der Waals surface area (Å²) < 4.78 is 37.0. The van der Waals surface area contributed by atoms with E-state index in [0.29, 0.717) is 52.9 Å². The van der Waals surface area contributed by atoms with E-state index in [-0.39, 0.29) is 28.7 Å². The Morgan fingerprint density at radius 3 is 2.53 bits per heavy atom. The molecule has 0 unspecified atom stereocenters. The second kappa shape index (κ2) is 12.0. The Kier molecular flexibility index (Phi) is 8.25. The van der Waals surface area contributed by atoms with Crippen LogP contribution in [0.5, 0.6) is 11.5 Å². The van der Waals surface area contributed by atoms with Crippen LogP contribution in [0.15, 0.2) is 64.6 Å². The van der Waals surface area contributed by atoms with Gasteiger partial charge >= 0.3 is 0 Å². The molecular formula is C31H36ClN5O5S. The van der Waals surface area contributed by atoms with Crippen LogP contribution in [0.1, 0.15) is 48.7 Å². The van der Waals surface area contributed by atoms with Crippen LogP contribution >= 0.6 is 11.6 Å². The highest BCUT2D eigenvalue weighted by atomic mass is 35.5. The minimum atomic E-state index is -3.79. The number of piperidine rings is 1. The van der Waals surface area contributed by atoms with Crippen molar-refractivity contribution in [2.75, 3.05) is 45.3 Å². The van der Waals surface area contributed by atoms with Gasteiger partial charge in [0.25, 0.3) is 5.91 Å². The molecule has 0 radical (unpaired) electrons. The monoisotopic (exact) mass is 625 g/mol. The van der Waals surface area contributed by atoms with E-state index in [0.717, 1.165) is 38.0 Å². The van der Waals surface area contributed by atoms with Gasteiger partial charge in [-0.05, 0) is 62.6 Å². The predicted molar refractivity (Wildman–Crippen MR) is 163 cm³/mol. The van der Waals surface area contributed by atoms with Gasteiger partial charge in [-0.15, -0.1) is 0 Å². The molecule has 0 aliphatic carbocycles. The fraction of sp³-hybridized carbons (Fsp3) is 0.419. The van der Waals surface area contributed by atoms with E-state index in [4.69, 9.17) is 26.8 Å². The summed E-state index contributed by atoms with van der Waals surface area (Å²) in [4.78, 5) is 24.4. The van der Waals surface area contributed by atoms with Crippen LogP contribution in [0, 0.1) is 0 Å². The van der Waals surface area contributed by atoms with Crippen LogP contribution in [0.2, 0.25) is 5.02 Å². The number of rotatable bonds is 6. The first-order chi connectivity index (χ1) is 20.6. The number of sulfone groups is 1.